The molecular weight excluding hydrogens is 386 g/mol. The number of benzene rings is 3. The van der Waals surface area contributed by atoms with Crippen LogP contribution in [-0.2, 0) is 17.9 Å². The standard InChI is InChI=1S/C31H34N/c1-7-31(5,8-2)27-19-23-22-14-10-11-15-25(22)30(3,4)26(23)20-24(27)29-18-17-21-13-9-12-16-28(21)32(29)6/h9-20H,7-8H2,1-6H3/q+1. The molecule has 32 heavy (non-hydrogen) atoms. The molecule has 0 unspecified atom stereocenters. The molecule has 0 atom stereocenters. The highest BCUT2D eigenvalue weighted by molar-refractivity contribution is 5.85. The van der Waals surface area contributed by atoms with Gasteiger partial charge in [0.05, 0.1) is 5.56 Å². The molecule has 0 radical (unpaired) electrons. The molecule has 0 fully saturated rings. The van der Waals surface area contributed by atoms with Gasteiger partial charge in [-0.25, -0.2) is 0 Å². The van der Waals surface area contributed by atoms with Crippen molar-refractivity contribution in [3.8, 4) is 22.4 Å². The van der Waals surface area contributed by atoms with Gasteiger partial charge in [0, 0.05) is 22.9 Å². The molecule has 162 valence electrons. The number of nitrogens with zero attached hydrogens (tertiary/aromatic N) is 1. The topological polar surface area (TPSA) is 3.88 Å². The zero-order valence-electron chi connectivity index (χ0n) is 20.3. The molecule has 1 aliphatic rings. The first-order valence-electron chi connectivity index (χ1n) is 12.0. The molecule has 3 aromatic carbocycles. The van der Waals surface area contributed by atoms with Gasteiger partial charge in [0.2, 0.25) is 11.2 Å². The molecular formula is C31H34N+. The second-order valence-corrected chi connectivity index (χ2v) is 10.2. The summed E-state index contributed by atoms with van der Waals surface area (Å²) in [7, 11) is 2.21. The summed E-state index contributed by atoms with van der Waals surface area (Å²) in [5, 5.41) is 1.28. The summed E-state index contributed by atoms with van der Waals surface area (Å²) in [5.74, 6) is 0. The molecule has 4 aromatic rings. The van der Waals surface area contributed by atoms with Crippen LogP contribution in [0.1, 0.15) is 64.2 Å². The van der Waals surface area contributed by atoms with E-state index in [4.69, 9.17) is 0 Å². The Hall–Kier alpha value is -2.93. The zero-order valence-corrected chi connectivity index (χ0v) is 20.3. The molecule has 0 aliphatic heterocycles. The predicted molar refractivity (Wildman–Crippen MR) is 136 cm³/mol. The maximum Gasteiger partial charge on any atom is 0.213 e. The molecule has 0 amide bonds. The number of fused-ring (bicyclic) bond motifs is 4. The smallest absolute Gasteiger partial charge is 0.194 e. The van der Waals surface area contributed by atoms with Crippen molar-refractivity contribution >= 4 is 10.9 Å². The van der Waals surface area contributed by atoms with Gasteiger partial charge in [-0.15, -0.1) is 0 Å². The molecule has 0 spiro atoms. The SMILES string of the molecule is CCC(C)(CC)c1cc2c(cc1-c1ccc3ccccc3[n+]1C)C(C)(C)c1ccccc1-2. The van der Waals surface area contributed by atoms with Gasteiger partial charge in [-0.05, 0) is 70.3 Å². The second-order valence-electron chi connectivity index (χ2n) is 10.2. The summed E-state index contributed by atoms with van der Waals surface area (Å²) in [6.45, 7) is 11.9. The highest BCUT2D eigenvalue weighted by Crippen LogP contribution is 2.52. The quantitative estimate of drug-likeness (QED) is 0.298. The van der Waals surface area contributed by atoms with Gasteiger partial charge in [0.25, 0.3) is 0 Å². The van der Waals surface area contributed by atoms with Crippen LogP contribution >= 0.6 is 0 Å². The summed E-state index contributed by atoms with van der Waals surface area (Å²) < 4.78 is 2.38. The van der Waals surface area contributed by atoms with Crippen molar-refractivity contribution in [2.45, 2.75) is 58.3 Å². The fourth-order valence-corrected chi connectivity index (χ4v) is 5.70. The highest BCUT2D eigenvalue weighted by atomic mass is 14.9. The van der Waals surface area contributed by atoms with Crippen molar-refractivity contribution in [3.05, 3.63) is 89.5 Å². The molecule has 0 N–H and O–H groups in total. The Morgan fingerprint density at radius 3 is 2.19 bits per heavy atom. The average Bonchev–Trinajstić information content (AvgIpc) is 3.05. The highest BCUT2D eigenvalue weighted by Gasteiger charge is 2.39. The van der Waals surface area contributed by atoms with Crippen LogP contribution in [0.5, 0.6) is 0 Å². The van der Waals surface area contributed by atoms with Gasteiger partial charge in [-0.1, -0.05) is 71.0 Å². The maximum absolute atomic E-state index is 2.53. The van der Waals surface area contributed by atoms with E-state index < -0.39 is 0 Å². The van der Waals surface area contributed by atoms with E-state index in [-0.39, 0.29) is 10.8 Å². The van der Waals surface area contributed by atoms with Crippen LogP contribution in [0, 0.1) is 0 Å². The molecule has 1 heterocycles. The van der Waals surface area contributed by atoms with Gasteiger partial charge in [-0.2, -0.15) is 4.57 Å². The first-order chi connectivity index (χ1) is 15.3. The number of hydrogen-bond donors (Lipinski definition) is 0. The van der Waals surface area contributed by atoms with Crippen molar-refractivity contribution < 1.29 is 4.57 Å². The van der Waals surface area contributed by atoms with E-state index >= 15 is 0 Å². The lowest BCUT2D eigenvalue weighted by molar-refractivity contribution is -0.633. The Balaban J connectivity index is 1.87. The summed E-state index contributed by atoms with van der Waals surface area (Å²) in [5.41, 5.74) is 11.3. The molecule has 0 bridgehead atoms. The molecule has 0 saturated heterocycles. The zero-order chi connectivity index (χ0) is 22.7. The van der Waals surface area contributed by atoms with E-state index in [2.05, 4.69) is 119 Å². The van der Waals surface area contributed by atoms with Crippen LogP contribution in [0.3, 0.4) is 0 Å². The Kier molecular flexibility index (Phi) is 4.78. The van der Waals surface area contributed by atoms with Gasteiger partial charge < -0.3 is 0 Å². The van der Waals surface area contributed by atoms with Crippen molar-refractivity contribution in [2.24, 2.45) is 7.05 Å². The average molecular weight is 421 g/mol. The lowest BCUT2D eigenvalue weighted by Gasteiger charge is -2.31. The van der Waals surface area contributed by atoms with Crippen LogP contribution in [0.4, 0.5) is 0 Å². The van der Waals surface area contributed by atoms with Crippen molar-refractivity contribution in [3.63, 3.8) is 0 Å². The summed E-state index contributed by atoms with van der Waals surface area (Å²) in [4.78, 5) is 0. The number of rotatable bonds is 4. The van der Waals surface area contributed by atoms with E-state index in [9.17, 15) is 0 Å². The third kappa shape index (κ3) is 2.87. The van der Waals surface area contributed by atoms with Crippen LogP contribution in [0.2, 0.25) is 0 Å². The Bertz CT molecular complexity index is 1340. The Morgan fingerprint density at radius 2 is 1.44 bits per heavy atom. The van der Waals surface area contributed by atoms with Gasteiger partial charge in [0.1, 0.15) is 7.05 Å². The Labute approximate surface area is 192 Å². The summed E-state index contributed by atoms with van der Waals surface area (Å²) in [6, 6.07) is 27.3. The maximum atomic E-state index is 2.53. The molecule has 5 rings (SSSR count). The first kappa shape index (κ1) is 20.9. The summed E-state index contributed by atoms with van der Waals surface area (Å²) >= 11 is 0. The number of para-hydroxylation sites is 1. The fraction of sp³-hybridized carbons (Fsp3) is 0.323. The van der Waals surface area contributed by atoms with Crippen molar-refractivity contribution in [1.29, 1.82) is 0 Å². The van der Waals surface area contributed by atoms with Crippen molar-refractivity contribution in [2.75, 3.05) is 0 Å². The van der Waals surface area contributed by atoms with E-state index in [1.54, 1.807) is 0 Å². The number of aromatic nitrogens is 1. The summed E-state index contributed by atoms with van der Waals surface area (Å²) in [6.07, 6.45) is 2.25. The number of hydrogen-bond acceptors (Lipinski definition) is 0. The van der Waals surface area contributed by atoms with Crippen LogP contribution in [-0.4, -0.2) is 0 Å². The lowest BCUT2D eigenvalue weighted by Crippen LogP contribution is -2.33. The second kappa shape index (κ2) is 7.30. The van der Waals surface area contributed by atoms with E-state index in [1.807, 2.05) is 0 Å². The van der Waals surface area contributed by atoms with Crippen LogP contribution in [0.15, 0.2) is 72.8 Å². The molecule has 0 saturated carbocycles. The van der Waals surface area contributed by atoms with Gasteiger partial charge >= 0.3 is 0 Å². The lowest BCUT2D eigenvalue weighted by atomic mass is 9.73. The minimum Gasteiger partial charge on any atom is -0.194 e. The third-order valence-electron chi connectivity index (χ3n) is 8.29. The van der Waals surface area contributed by atoms with Gasteiger partial charge in [-0.3, -0.25) is 0 Å². The minimum absolute atomic E-state index is 0.00343. The number of aryl methyl sites for hydroxylation is 1. The first-order valence-corrected chi connectivity index (χ1v) is 12.0. The molecule has 1 aliphatic carbocycles. The number of pyridine rings is 1. The third-order valence-corrected chi connectivity index (χ3v) is 8.29. The van der Waals surface area contributed by atoms with E-state index in [0.717, 1.165) is 12.8 Å². The minimum atomic E-state index is 0.00343. The molecule has 1 aromatic heterocycles. The van der Waals surface area contributed by atoms with Crippen molar-refractivity contribution in [1.82, 2.24) is 0 Å². The van der Waals surface area contributed by atoms with Crippen LogP contribution < -0.4 is 4.57 Å². The monoisotopic (exact) mass is 420 g/mol. The van der Waals surface area contributed by atoms with E-state index in [1.165, 1.54) is 50.0 Å². The van der Waals surface area contributed by atoms with E-state index in [0.29, 0.717) is 0 Å². The Morgan fingerprint density at radius 1 is 0.750 bits per heavy atom. The molecule has 1 heteroatoms. The molecule has 1 nitrogen and oxygen atoms in total. The largest absolute Gasteiger partial charge is 0.213 e. The normalized spacial score (nSPS) is 14.4. The van der Waals surface area contributed by atoms with Crippen LogP contribution in [0.25, 0.3) is 33.3 Å². The fourth-order valence-electron chi connectivity index (χ4n) is 5.70. The van der Waals surface area contributed by atoms with Gasteiger partial charge in [0.15, 0.2) is 0 Å². The predicted octanol–water partition coefficient (Wildman–Crippen LogP) is 7.72.